The Morgan fingerprint density at radius 1 is 1.26 bits per heavy atom. The first kappa shape index (κ1) is 18.2. The Morgan fingerprint density at radius 3 is 2.56 bits per heavy atom. The average Bonchev–Trinajstić information content (AvgIpc) is 2.98. The van der Waals surface area contributed by atoms with Gasteiger partial charge in [-0.2, -0.15) is 5.26 Å². The minimum absolute atomic E-state index is 0.0695. The van der Waals surface area contributed by atoms with Gasteiger partial charge in [-0.25, -0.2) is 0 Å². The van der Waals surface area contributed by atoms with Crippen LogP contribution in [0.2, 0.25) is 0 Å². The van der Waals surface area contributed by atoms with Crippen molar-refractivity contribution in [2.75, 3.05) is 12.0 Å². The number of Topliss-reactive ketones (excluding diaryl/α,β-unsaturated/α-hetero) is 1. The molecule has 1 amide bonds. The van der Waals surface area contributed by atoms with Crippen LogP contribution < -0.4 is 9.64 Å². The van der Waals surface area contributed by atoms with Gasteiger partial charge in [-0.15, -0.1) is 0 Å². The quantitative estimate of drug-likeness (QED) is 0.880. The van der Waals surface area contributed by atoms with Gasteiger partial charge in [-0.1, -0.05) is 19.1 Å². The van der Waals surface area contributed by atoms with Crippen LogP contribution in [-0.4, -0.2) is 23.9 Å². The lowest BCUT2D eigenvalue weighted by atomic mass is 9.94. The maximum absolute atomic E-state index is 12.8. The van der Waals surface area contributed by atoms with Gasteiger partial charge < -0.3 is 9.84 Å². The third-order valence-electron chi connectivity index (χ3n) is 4.51. The van der Waals surface area contributed by atoms with Gasteiger partial charge in [0.05, 0.1) is 30.4 Å². The first-order chi connectivity index (χ1) is 13.0. The molecule has 2 aromatic carbocycles. The third-order valence-corrected chi connectivity index (χ3v) is 4.51. The van der Waals surface area contributed by atoms with Gasteiger partial charge in [-0.05, 0) is 42.0 Å². The second-order valence-corrected chi connectivity index (χ2v) is 6.05. The highest BCUT2D eigenvalue weighted by molar-refractivity contribution is 6.16. The SMILES string of the molecule is CCC(=O)C1=C(O)C(=O)N(c2ccc(C#N)cc2)C1c1cccc(OC)c1. The van der Waals surface area contributed by atoms with Gasteiger partial charge in [0.1, 0.15) is 5.75 Å². The molecule has 6 heteroatoms. The predicted octanol–water partition coefficient (Wildman–Crippen LogP) is 3.45. The molecule has 27 heavy (non-hydrogen) atoms. The number of anilines is 1. The van der Waals surface area contributed by atoms with Crippen LogP contribution in [0, 0.1) is 11.3 Å². The Morgan fingerprint density at radius 2 is 1.96 bits per heavy atom. The highest BCUT2D eigenvalue weighted by Gasteiger charge is 2.43. The van der Waals surface area contributed by atoms with E-state index in [4.69, 9.17) is 10.00 Å². The minimum atomic E-state index is -0.770. The van der Waals surface area contributed by atoms with Crippen LogP contribution in [0.3, 0.4) is 0 Å². The number of ether oxygens (including phenoxy) is 1. The van der Waals surface area contributed by atoms with E-state index >= 15 is 0 Å². The molecular formula is C21H18N2O4. The number of nitriles is 1. The van der Waals surface area contributed by atoms with Crippen molar-refractivity contribution in [1.82, 2.24) is 0 Å². The summed E-state index contributed by atoms with van der Waals surface area (Å²) in [5, 5.41) is 19.4. The normalized spacial score (nSPS) is 16.4. The summed E-state index contributed by atoms with van der Waals surface area (Å²) in [6.07, 6.45) is 0.161. The lowest BCUT2D eigenvalue weighted by molar-refractivity contribution is -0.118. The number of carbonyl (C=O) groups is 2. The number of hydrogen-bond acceptors (Lipinski definition) is 5. The molecule has 1 N–H and O–H groups in total. The number of hydrogen-bond donors (Lipinski definition) is 1. The van der Waals surface area contributed by atoms with Crippen molar-refractivity contribution in [2.24, 2.45) is 0 Å². The third kappa shape index (κ3) is 3.15. The zero-order chi connectivity index (χ0) is 19.6. The van der Waals surface area contributed by atoms with Gasteiger partial charge in [0.25, 0.3) is 5.91 Å². The second-order valence-electron chi connectivity index (χ2n) is 6.05. The van der Waals surface area contributed by atoms with E-state index in [0.29, 0.717) is 22.6 Å². The molecule has 2 aromatic rings. The zero-order valence-electron chi connectivity index (χ0n) is 15.0. The Labute approximate surface area is 156 Å². The van der Waals surface area contributed by atoms with Crippen molar-refractivity contribution >= 4 is 17.4 Å². The number of amides is 1. The van der Waals surface area contributed by atoms with E-state index in [1.165, 1.54) is 12.0 Å². The molecule has 6 nitrogen and oxygen atoms in total. The van der Waals surface area contributed by atoms with E-state index in [1.807, 2.05) is 6.07 Å². The van der Waals surface area contributed by atoms with E-state index in [-0.39, 0.29) is 17.8 Å². The fraction of sp³-hybridized carbons (Fsp3) is 0.190. The maximum atomic E-state index is 12.8. The number of methoxy groups -OCH3 is 1. The summed E-state index contributed by atoms with van der Waals surface area (Å²) in [7, 11) is 1.53. The Hall–Kier alpha value is -3.59. The standard InChI is InChI=1S/C21H18N2O4/c1-3-17(24)18-19(14-5-4-6-16(11-14)27-2)23(21(26)20(18)25)15-9-7-13(12-22)8-10-15/h4-11,19,25H,3H2,1-2H3. The number of benzene rings is 2. The van der Waals surface area contributed by atoms with E-state index in [0.717, 1.165) is 0 Å². The first-order valence-corrected chi connectivity index (χ1v) is 8.45. The molecule has 1 heterocycles. The molecule has 0 spiro atoms. The number of nitrogens with zero attached hydrogens (tertiary/aromatic N) is 2. The largest absolute Gasteiger partial charge is 0.503 e. The molecule has 3 rings (SSSR count). The minimum Gasteiger partial charge on any atom is -0.503 e. The lowest BCUT2D eigenvalue weighted by Gasteiger charge is -2.27. The van der Waals surface area contributed by atoms with Crippen molar-refractivity contribution in [3.63, 3.8) is 0 Å². The number of carbonyl (C=O) groups excluding carboxylic acids is 2. The van der Waals surface area contributed by atoms with Gasteiger partial charge in [0, 0.05) is 12.1 Å². The van der Waals surface area contributed by atoms with Gasteiger partial charge >= 0.3 is 0 Å². The molecular weight excluding hydrogens is 344 g/mol. The smallest absolute Gasteiger partial charge is 0.294 e. The summed E-state index contributed by atoms with van der Waals surface area (Å²) in [5.74, 6) is -0.914. The summed E-state index contributed by atoms with van der Waals surface area (Å²) in [5.41, 5.74) is 1.65. The van der Waals surface area contributed by atoms with Crippen LogP contribution in [0.5, 0.6) is 5.75 Å². The van der Waals surface area contributed by atoms with E-state index in [9.17, 15) is 14.7 Å². The molecule has 0 bridgehead atoms. The van der Waals surface area contributed by atoms with Crippen molar-refractivity contribution in [3.05, 3.63) is 71.0 Å². The van der Waals surface area contributed by atoms with Crippen molar-refractivity contribution in [2.45, 2.75) is 19.4 Å². The first-order valence-electron chi connectivity index (χ1n) is 8.45. The van der Waals surface area contributed by atoms with Crippen molar-refractivity contribution in [3.8, 4) is 11.8 Å². The Balaban J connectivity index is 2.17. The zero-order valence-corrected chi connectivity index (χ0v) is 15.0. The summed E-state index contributed by atoms with van der Waals surface area (Å²) in [6.45, 7) is 1.68. The lowest BCUT2D eigenvalue weighted by Crippen LogP contribution is -2.31. The fourth-order valence-electron chi connectivity index (χ4n) is 3.17. The molecule has 0 radical (unpaired) electrons. The summed E-state index contributed by atoms with van der Waals surface area (Å²) < 4.78 is 5.26. The molecule has 0 aliphatic carbocycles. The summed E-state index contributed by atoms with van der Waals surface area (Å²) >= 11 is 0. The van der Waals surface area contributed by atoms with Crippen LogP contribution in [0.25, 0.3) is 0 Å². The molecule has 1 aliphatic rings. The Kier molecular flexibility index (Phi) is 4.95. The average molecular weight is 362 g/mol. The molecule has 0 saturated carbocycles. The van der Waals surface area contributed by atoms with Gasteiger partial charge in [-0.3, -0.25) is 14.5 Å². The predicted molar refractivity (Wildman–Crippen MR) is 99.3 cm³/mol. The summed E-state index contributed by atoms with van der Waals surface area (Å²) in [6, 6.07) is 14.7. The van der Waals surface area contributed by atoms with Crippen molar-refractivity contribution in [1.29, 1.82) is 5.26 Å². The van der Waals surface area contributed by atoms with E-state index < -0.39 is 17.7 Å². The molecule has 0 aromatic heterocycles. The topological polar surface area (TPSA) is 90.6 Å². The van der Waals surface area contributed by atoms with Crippen molar-refractivity contribution < 1.29 is 19.4 Å². The number of rotatable bonds is 5. The summed E-state index contributed by atoms with van der Waals surface area (Å²) in [4.78, 5) is 26.7. The molecule has 0 saturated heterocycles. The van der Waals surface area contributed by atoms with Crippen LogP contribution in [0.1, 0.15) is 30.5 Å². The highest BCUT2D eigenvalue weighted by atomic mass is 16.5. The molecule has 1 aliphatic heterocycles. The van der Waals surface area contributed by atoms with Crippen LogP contribution in [-0.2, 0) is 9.59 Å². The Bertz CT molecular complexity index is 970. The van der Waals surface area contributed by atoms with Crippen LogP contribution in [0.4, 0.5) is 5.69 Å². The molecule has 136 valence electrons. The van der Waals surface area contributed by atoms with Crippen LogP contribution in [0.15, 0.2) is 59.9 Å². The molecule has 1 atom stereocenters. The number of ketones is 1. The molecule has 1 unspecified atom stereocenters. The number of aliphatic hydroxyl groups is 1. The highest BCUT2D eigenvalue weighted by Crippen LogP contribution is 2.42. The van der Waals surface area contributed by atoms with Gasteiger partial charge in [0.2, 0.25) is 0 Å². The van der Waals surface area contributed by atoms with Crippen LogP contribution >= 0.6 is 0 Å². The van der Waals surface area contributed by atoms with E-state index in [1.54, 1.807) is 55.5 Å². The maximum Gasteiger partial charge on any atom is 0.294 e. The number of aliphatic hydroxyl groups excluding tert-OH is 1. The van der Waals surface area contributed by atoms with E-state index in [2.05, 4.69) is 0 Å². The second kappa shape index (κ2) is 7.34. The van der Waals surface area contributed by atoms with Gasteiger partial charge in [0.15, 0.2) is 11.5 Å². The monoisotopic (exact) mass is 362 g/mol. The molecule has 0 fully saturated rings. The fourth-order valence-corrected chi connectivity index (χ4v) is 3.17.